The van der Waals surface area contributed by atoms with Crippen LogP contribution < -0.4 is 10.7 Å². The standard InChI is InChI=1S/C29H19BO2.C29H17Br.ClH2N/c31-30(32)21-13-15-23-22-14-12-20(18-6-2-1-3-7-18)16-26(22)29(27(23)17-21)24-10-4-8-19-9-5-11-25(29)28(19)24;30-21-13-15-23-22-14-12-20(18-6-2-1-3-7-18)16-26(22)29(27(23)17-21)24-10-4-8-19-9-5-11-25(29)28(19)24;1-2/h1-17,31-32H;1-17H;2H2. The Bertz CT molecular complexity index is 3460. The highest BCUT2D eigenvalue weighted by atomic mass is 79.9. The van der Waals surface area contributed by atoms with Crippen LogP contribution in [0, 0.1) is 0 Å². The van der Waals surface area contributed by atoms with Gasteiger partial charge < -0.3 is 10.0 Å². The fourth-order valence-electron chi connectivity index (χ4n) is 11.7. The van der Waals surface area contributed by atoms with Crippen LogP contribution in [-0.4, -0.2) is 17.2 Å². The molecule has 0 aliphatic heterocycles. The van der Waals surface area contributed by atoms with Crippen molar-refractivity contribution in [2.24, 2.45) is 5.25 Å². The molecule has 0 radical (unpaired) electrons. The van der Waals surface area contributed by atoms with Crippen molar-refractivity contribution < 1.29 is 10.0 Å². The number of halogens is 2. The molecule has 4 aliphatic rings. The summed E-state index contributed by atoms with van der Waals surface area (Å²) in [5.41, 5.74) is 20.6. The Kier molecular flexibility index (Phi) is 9.00. The van der Waals surface area contributed by atoms with Crippen LogP contribution in [0.2, 0.25) is 0 Å². The molecule has 4 aliphatic carbocycles. The molecule has 0 saturated carbocycles. The van der Waals surface area contributed by atoms with Crippen molar-refractivity contribution in [1.82, 2.24) is 0 Å². The van der Waals surface area contributed by atoms with Crippen molar-refractivity contribution in [1.29, 1.82) is 0 Å². The molecule has 0 amide bonds. The summed E-state index contributed by atoms with van der Waals surface area (Å²) in [5.74, 6) is 0. The van der Waals surface area contributed by atoms with E-state index in [0.29, 0.717) is 5.46 Å². The Balaban J connectivity index is 0.000000131. The highest BCUT2D eigenvalue weighted by Crippen LogP contribution is 2.65. The Morgan fingerprint density at radius 1 is 0.359 bits per heavy atom. The van der Waals surface area contributed by atoms with E-state index in [9.17, 15) is 10.0 Å². The molecule has 14 rings (SSSR count). The maximum absolute atomic E-state index is 9.93. The van der Waals surface area contributed by atoms with Crippen molar-refractivity contribution in [3.63, 3.8) is 0 Å². The summed E-state index contributed by atoms with van der Waals surface area (Å²) in [6, 6.07) is 74.1. The summed E-state index contributed by atoms with van der Waals surface area (Å²) in [5, 5.41) is 29.1. The molecule has 304 valence electrons. The fraction of sp³-hybridized carbons (Fsp3) is 0.0345. The van der Waals surface area contributed by atoms with Crippen molar-refractivity contribution >= 4 is 61.8 Å². The topological polar surface area (TPSA) is 66.5 Å². The minimum Gasteiger partial charge on any atom is -0.423 e. The summed E-state index contributed by atoms with van der Waals surface area (Å²) < 4.78 is 1.13. The quantitative estimate of drug-likeness (QED) is 0.122. The monoisotopic (exact) mass is 905 g/mol. The summed E-state index contributed by atoms with van der Waals surface area (Å²) >= 11 is 7.88. The van der Waals surface area contributed by atoms with Crippen LogP contribution in [0.15, 0.2) is 211 Å². The second-order valence-electron chi connectivity index (χ2n) is 17.0. The Morgan fingerprint density at radius 3 is 1.16 bits per heavy atom. The van der Waals surface area contributed by atoms with E-state index < -0.39 is 12.5 Å². The minimum atomic E-state index is -1.49. The summed E-state index contributed by atoms with van der Waals surface area (Å²) in [4.78, 5) is 0. The maximum atomic E-state index is 9.93. The number of benzene rings is 10. The first-order valence-corrected chi connectivity index (χ1v) is 22.7. The third kappa shape index (κ3) is 5.22. The fourth-order valence-corrected chi connectivity index (χ4v) is 12.0. The molecule has 0 saturated heterocycles. The molecular formula is C58H38BBrClNO2. The Morgan fingerprint density at radius 2 is 0.734 bits per heavy atom. The molecule has 6 heteroatoms. The highest BCUT2D eigenvalue weighted by molar-refractivity contribution is 9.10. The van der Waals surface area contributed by atoms with Crippen molar-refractivity contribution in [2.45, 2.75) is 10.8 Å². The van der Waals surface area contributed by atoms with Crippen LogP contribution in [0.1, 0.15) is 44.5 Å². The summed E-state index contributed by atoms with van der Waals surface area (Å²) in [6.45, 7) is 0. The van der Waals surface area contributed by atoms with E-state index in [1.165, 1.54) is 99.4 Å². The van der Waals surface area contributed by atoms with Gasteiger partial charge in [-0.2, -0.15) is 0 Å². The van der Waals surface area contributed by atoms with Crippen molar-refractivity contribution in [3.05, 3.63) is 255 Å². The lowest BCUT2D eigenvalue weighted by molar-refractivity contribution is 0.425. The maximum Gasteiger partial charge on any atom is 0.488 e. The van der Waals surface area contributed by atoms with Gasteiger partial charge in [-0.25, -0.2) is 5.25 Å². The zero-order valence-corrected chi connectivity index (χ0v) is 36.8. The molecule has 3 nitrogen and oxygen atoms in total. The highest BCUT2D eigenvalue weighted by Gasteiger charge is 2.54. The van der Waals surface area contributed by atoms with E-state index in [2.05, 4.69) is 215 Å². The third-order valence-corrected chi connectivity index (χ3v) is 14.7. The van der Waals surface area contributed by atoms with Crippen molar-refractivity contribution in [3.8, 4) is 44.5 Å². The first-order valence-electron chi connectivity index (χ1n) is 21.5. The molecule has 10 aromatic rings. The third-order valence-electron chi connectivity index (χ3n) is 14.2. The van der Waals surface area contributed by atoms with Crippen LogP contribution in [0.25, 0.3) is 66.1 Å². The molecule has 0 aromatic heterocycles. The van der Waals surface area contributed by atoms with Crippen molar-refractivity contribution in [2.75, 3.05) is 0 Å². The molecule has 0 heterocycles. The van der Waals surface area contributed by atoms with Gasteiger partial charge in [0.2, 0.25) is 0 Å². The molecule has 0 atom stereocenters. The normalized spacial score (nSPS) is 14.0. The van der Waals surface area contributed by atoms with Gasteiger partial charge in [0, 0.05) is 4.47 Å². The van der Waals surface area contributed by atoms with Gasteiger partial charge in [0.25, 0.3) is 0 Å². The lowest BCUT2D eigenvalue weighted by atomic mass is 9.57. The predicted octanol–water partition coefficient (Wildman–Crippen LogP) is 12.9. The number of rotatable bonds is 3. The van der Waals surface area contributed by atoms with E-state index in [0.717, 1.165) is 15.6 Å². The van der Waals surface area contributed by atoms with Gasteiger partial charge in [0.1, 0.15) is 0 Å². The molecule has 2 spiro atoms. The predicted molar refractivity (Wildman–Crippen MR) is 268 cm³/mol. The lowest BCUT2D eigenvalue weighted by Crippen LogP contribution is -2.38. The van der Waals surface area contributed by atoms with Gasteiger partial charge in [0.15, 0.2) is 0 Å². The number of hydrogen-bond donors (Lipinski definition) is 3. The number of hydrogen-bond acceptors (Lipinski definition) is 3. The minimum absolute atomic E-state index is 0.185. The zero-order valence-electron chi connectivity index (χ0n) is 34.4. The van der Waals surface area contributed by atoms with Crippen LogP contribution in [0.5, 0.6) is 0 Å². The van der Waals surface area contributed by atoms with Crippen LogP contribution >= 0.6 is 27.7 Å². The largest absolute Gasteiger partial charge is 0.488 e. The smallest absolute Gasteiger partial charge is 0.423 e. The van der Waals surface area contributed by atoms with Gasteiger partial charge in [-0.3, -0.25) is 0 Å². The first-order chi connectivity index (χ1) is 31.5. The van der Waals surface area contributed by atoms with Crippen LogP contribution in [0.3, 0.4) is 0 Å². The molecule has 0 unspecified atom stereocenters. The van der Waals surface area contributed by atoms with Crippen LogP contribution in [0.4, 0.5) is 0 Å². The van der Waals surface area contributed by atoms with E-state index in [1.807, 2.05) is 24.3 Å². The van der Waals surface area contributed by atoms with E-state index in [1.54, 1.807) is 0 Å². The molecule has 4 N–H and O–H groups in total. The van der Waals surface area contributed by atoms with Crippen LogP contribution in [-0.2, 0) is 10.8 Å². The number of fused-ring (bicyclic) bond motifs is 14. The van der Waals surface area contributed by atoms with E-state index in [4.69, 9.17) is 0 Å². The average molecular weight is 907 g/mol. The van der Waals surface area contributed by atoms with Gasteiger partial charge >= 0.3 is 7.12 Å². The summed E-state index contributed by atoms with van der Waals surface area (Å²) in [7, 11) is -1.49. The SMILES string of the molecule is Brc1ccc2c(c1)C1(c3cc(-c4ccccc4)ccc3-2)c2cccc3cccc1c23.NCl.OB(O)c1ccc2c(c1)C1(c3cc(-c4ccccc4)ccc3-2)c2cccc3cccc1c23. The average Bonchev–Trinajstić information content (AvgIpc) is 3.83. The molecular weight excluding hydrogens is 869 g/mol. The number of nitrogens with two attached hydrogens (primary N) is 1. The molecule has 0 bridgehead atoms. The van der Waals surface area contributed by atoms with E-state index >= 15 is 0 Å². The Hall–Kier alpha value is -6.57. The van der Waals surface area contributed by atoms with Gasteiger partial charge in [-0.1, -0.05) is 198 Å². The lowest BCUT2D eigenvalue weighted by Gasteiger charge is -2.43. The zero-order chi connectivity index (χ0) is 43.3. The second-order valence-corrected chi connectivity index (χ2v) is 18.0. The summed E-state index contributed by atoms with van der Waals surface area (Å²) in [6.07, 6.45) is 0. The van der Waals surface area contributed by atoms with E-state index in [-0.39, 0.29) is 5.41 Å². The Labute approximate surface area is 385 Å². The second kappa shape index (κ2) is 14.7. The molecule has 10 aromatic carbocycles. The van der Waals surface area contributed by atoms with Gasteiger partial charge in [-0.05, 0) is 152 Å². The van der Waals surface area contributed by atoms with Gasteiger partial charge in [0.05, 0.1) is 10.8 Å². The van der Waals surface area contributed by atoms with Gasteiger partial charge in [-0.15, -0.1) is 0 Å². The molecule has 64 heavy (non-hydrogen) atoms. The first kappa shape index (κ1) is 39.1. The molecule has 0 fully saturated rings.